The van der Waals surface area contributed by atoms with Crippen molar-refractivity contribution in [3.63, 3.8) is 0 Å². The Morgan fingerprint density at radius 3 is 2.17 bits per heavy atom. The van der Waals surface area contributed by atoms with E-state index in [0.29, 0.717) is 10.7 Å². The first-order valence-electron chi connectivity index (χ1n) is 8.14. The van der Waals surface area contributed by atoms with Crippen LogP contribution in [0, 0.1) is 0 Å². The molecule has 0 saturated heterocycles. The molecule has 0 unspecified atom stereocenters. The van der Waals surface area contributed by atoms with Crippen molar-refractivity contribution in [2.24, 2.45) is 0 Å². The number of anilines is 3. The van der Waals surface area contributed by atoms with Crippen LogP contribution in [0.4, 0.5) is 34.5 Å². The van der Waals surface area contributed by atoms with Crippen LogP contribution in [-0.4, -0.2) is 23.3 Å². The first-order chi connectivity index (χ1) is 14.2. The summed E-state index contributed by atoms with van der Waals surface area (Å²) >= 11 is 6.80. The molecule has 0 fully saturated rings. The van der Waals surface area contributed by atoms with Crippen LogP contribution in [0.2, 0.25) is 5.02 Å². The lowest BCUT2D eigenvalue weighted by molar-refractivity contribution is -0.274. The lowest BCUT2D eigenvalue weighted by Crippen LogP contribution is -2.19. The predicted molar refractivity (Wildman–Crippen MR) is 107 cm³/mol. The number of benzene rings is 2. The SMILES string of the molecule is O=C(Nc1ccc(Cl)cc1)Nc1nc(C(=O)Nc2ccc(OC(F)(F)F)cc2)cs1. The summed E-state index contributed by atoms with van der Waals surface area (Å²) < 4.78 is 40.3. The van der Waals surface area contributed by atoms with E-state index in [2.05, 4.69) is 25.7 Å². The van der Waals surface area contributed by atoms with Gasteiger partial charge in [-0.1, -0.05) is 11.6 Å². The summed E-state index contributed by atoms with van der Waals surface area (Å²) in [6, 6.07) is 10.6. The molecule has 3 N–H and O–H groups in total. The van der Waals surface area contributed by atoms with Crippen LogP contribution in [0.25, 0.3) is 0 Å². The quantitative estimate of drug-likeness (QED) is 0.466. The van der Waals surface area contributed by atoms with Crippen LogP contribution in [0.5, 0.6) is 5.75 Å². The van der Waals surface area contributed by atoms with E-state index in [1.807, 2.05) is 0 Å². The minimum absolute atomic E-state index is 0.0254. The van der Waals surface area contributed by atoms with Crippen LogP contribution < -0.4 is 20.7 Å². The largest absolute Gasteiger partial charge is 0.573 e. The Hall–Kier alpha value is -3.31. The zero-order chi connectivity index (χ0) is 21.7. The van der Waals surface area contributed by atoms with E-state index in [0.717, 1.165) is 23.5 Å². The lowest BCUT2D eigenvalue weighted by atomic mass is 10.3. The number of amides is 3. The van der Waals surface area contributed by atoms with Crippen molar-refractivity contribution < 1.29 is 27.5 Å². The molecule has 2 aromatic carbocycles. The van der Waals surface area contributed by atoms with Gasteiger partial charge in [0.15, 0.2) is 5.13 Å². The van der Waals surface area contributed by atoms with Gasteiger partial charge in [-0.05, 0) is 48.5 Å². The summed E-state index contributed by atoms with van der Waals surface area (Å²) in [5.74, 6) is -1.01. The van der Waals surface area contributed by atoms with Gasteiger partial charge < -0.3 is 15.4 Å². The van der Waals surface area contributed by atoms with Crippen molar-refractivity contribution in [2.75, 3.05) is 16.0 Å². The highest BCUT2D eigenvalue weighted by Gasteiger charge is 2.31. The molecule has 0 saturated carbocycles. The van der Waals surface area contributed by atoms with Gasteiger partial charge in [0.1, 0.15) is 11.4 Å². The fourth-order valence-corrected chi connectivity index (χ4v) is 2.97. The molecular weight excluding hydrogens is 445 g/mol. The second-order valence-electron chi connectivity index (χ2n) is 5.65. The van der Waals surface area contributed by atoms with Gasteiger partial charge in [-0.2, -0.15) is 0 Å². The molecule has 1 aromatic heterocycles. The number of nitrogens with zero attached hydrogens (tertiary/aromatic N) is 1. The Kier molecular flexibility index (Phi) is 6.43. The highest BCUT2D eigenvalue weighted by Crippen LogP contribution is 2.24. The van der Waals surface area contributed by atoms with E-state index >= 15 is 0 Å². The van der Waals surface area contributed by atoms with Crippen molar-refractivity contribution >= 4 is 51.4 Å². The average molecular weight is 457 g/mol. The molecule has 0 atom stereocenters. The van der Waals surface area contributed by atoms with Crippen molar-refractivity contribution in [1.29, 1.82) is 0 Å². The minimum Gasteiger partial charge on any atom is -0.406 e. The second-order valence-corrected chi connectivity index (χ2v) is 6.94. The fraction of sp³-hybridized carbons (Fsp3) is 0.0556. The number of rotatable bonds is 5. The number of ether oxygens (including phenoxy) is 1. The number of nitrogens with one attached hydrogen (secondary N) is 3. The third-order valence-electron chi connectivity index (χ3n) is 3.41. The van der Waals surface area contributed by atoms with Crippen LogP contribution in [0.1, 0.15) is 10.5 Å². The molecule has 7 nitrogen and oxygen atoms in total. The maximum atomic E-state index is 12.2. The standard InChI is InChI=1S/C18H12ClF3N4O3S/c19-10-1-3-12(4-2-10)24-16(28)26-17-25-14(9-30-17)15(27)23-11-5-7-13(8-6-11)29-18(20,21)22/h1-9H,(H,23,27)(H2,24,25,26,28). The zero-order valence-corrected chi connectivity index (χ0v) is 16.4. The van der Waals surface area contributed by atoms with Gasteiger partial charge in [0.2, 0.25) is 0 Å². The summed E-state index contributed by atoms with van der Waals surface area (Å²) in [6.45, 7) is 0. The molecule has 3 amide bonds. The predicted octanol–water partition coefficient (Wildman–Crippen LogP) is 5.59. The zero-order valence-electron chi connectivity index (χ0n) is 14.8. The number of halogens is 4. The van der Waals surface area contributed by atoms with Gasteiger partial charge in [-0.15, -0.1) is 24.5 Å². The van der Waals surface area contributed by atoms with Gasteiger partial charge in [-0.3, -0.25) is 10.1 Å². The maximum absolute atomic E-state index is 12.2. The second kappa shape index (κ2) is 9.01. The Labute approximate surface area is 176 Å². The average Bonchev–Trinajstić information content (AvgIpc) is 3.12. The van der Waals surface area contributed by atoms with E-state index in [-0.39, 0.29) is 16.5 Å². The Bertz CT molecular complexity index is 1040. The Morgan fingerprint density at radius 1 is 0.933 bits per heavy atom. The van der Waals surface area contributed by atoms with E-state index in [9.17, 15) is 22.8 Å². The van der Waals surface area contributed by atoms with Crippen LogP contribution in [0.15, 0.2) is 53.9 Å². The summed E-state index contributed by atoms with van der Waals surface area (Å²) in [7, 11) is 0. The van der Waals surface area contributed by atoms with Crippen molar-refractivity contribution in [3.8, 4) is 5.75 Å². The number of thiazole rings is 1. The topological polar surface area (TPSA) is 92.4 Å². The lowest BCUT2D eigenvalue weighted by Gasteiger charge is -2.09. The highest BCUT2D eigenvalue weighted by molar-refractivity contribution is 7.14. The van der Waals surface area contributed by atoms with Gasteiger partial charge in [0.05, 0.1) is 0 Å². The molecular formula is C18H12ClF3N4O3S. The Morgan fingerprint density at radius 2 is 1.53 bits per heavy atom. The van der Waals surface area contributed by atoms with Gasteiger partial charge >= 0.3 is 12.4 Å². The molecule has 0 bridgehead atoms. The number of alkyl halides is 3. The molecule has 0 radical (unpaired) electrons. The molecule has 12 heteroatoms. The van der Waals surface area contributed by atoms with Gasteiger partial charge in [-0.25, -0.2) is 9.78 Å². The van der Waals surface area contributed by atoms with Crippen molar-refractivity contribution in [1.82, 2.24) is 4.98 Å². The summed E-state index contributed by atoms with van der Waals surface area (Å²) in [6.07, 6.45) is -4.80. The van der Waals surface area contributed by atoms with E-state index < -0.39 is 24.1 Å². The molecule has 30 heavy (non-hydrogen) atoms. The molecule has 3 rings (SSSR count). The Balaban J connectivity index is 1.55. The molecule has 1 heterocycles. The molecule has 0 aliphatic rings. The number of hydrogen-bond donors (Lipinski definition) is 3. The third kappa shape index (κ3) is 6.36. The molecule has 0 aliphatic carbocycles. The monoisotopic (exact) mass is 456 g/mol. The number of carbonyl (C=O) groups is 2. The fourth-order valence-electron chi connectivity index (χ4n) is 2.16. The van der Waals surface area contributed by atoms with Crippen LogP contribution >= 0.6 is 22.9 Å². The first-order valence-corrected chi connectivity index (χ1v) is 9.40. The summed E-state index contributed by atoms with van der Waals surface area (Å²) in [5, 5.41) is 9.70. The molecule has 156 valence electrons. The van der Waals surface area contributed by atoms with E-state index in [4.69, 9.17) is 11.6 Å². The van der Waals surface area contributed by atoms with Gasteiger partial charge in [0.25, 0.3) is 5.91 Å². The molecule has 0 spiro atoms. The third-order valence-corrected chi connectivity index (χ3v) is 4.41. The normalized spacial score (nSPS) is 10.9. The number of urea groups is 1. The number of carbonyl (C=O) groups excluding carboxylic acids is 2. The minimum atomic E-state index is -4.80. The van der Waals surface area contributed by atoms with E-state index in [1.165, 1.54) is 17.5 Å². The molecule has 3 aromatic rings. The maximum Gasteiger partial charge on any atom is 0.573 e. The first kappa shape index (κ1) is 21.4. The number of aromatic nitrogens is 1. The summed E-state index contributed by atoms with van der Waals surface area (Å²) in [4.78, 5) is 28.2. The van der Waals surface area contributed by atoms with Gasteiger partial charge in [0, 0.05) is 21.8 Å². The number of hydrogen-bond acceptors (Lipinski definition) is 5. The van der Waals surface area contributed by atoms with Crippen molar-refractivity contribution in [3.05, 3.63) is 64.6 Å². The van der Waals surface area contributed by atoms with E-state index in [1.54, 1.807) is 24.3 Å². The van der Waals surface area contributed by atoms with Crippen LogP contribution in [0.3, 0.4) is 0 Å². The van der Waals surface area contributed by atoms with Crippen molar-refractivity contribution in [2.45, 2.75) is 6.36 Å². The molecule has 0 aliphatic heterocycles. The van der Waals surface area contributed by atoms with Crippen LogP contribution in [-0.2, 0) is 0 Å². The summed E-state index contributed by atoms with van der Waals surface area (Å²) in [5.41, 5.74) is 0.791. The highest BCUT2D eigenvalue weighted by atomic mass is 35.5. The smallest absolute Gasteiger partial charge is 0.406 e.